The molecule has 0 spiro atoms. The molecule has 6 nitrogen and oxygen atoms in total. The van der Waals surface area contributed by atoms with Crippen molar-refractivity contribution in [3.8, 4) is 0 Å². The summed E-state index contributed by atoms with van der Waals surface area (Å²) >= 11 is 0. The lowest BCUT2D eigenvalue weighted by molar-refractivity contribution is -0.138. The Hall–Kier alpha value is -2.34. The van der Waals surface area contributed by atoms with Gasteiger partial charge in [0.05, 0.1) is 5.92 Å². The molecular weight excluding hydrogens is 378 g/mol. The van der Waals surface area contributed by atoms with Gasteiger partial charge in [0.25, 0.3) is 0 Å². The maximum atomic E-state index is 13.0. The van der Waals surface area contributed by atoms with Gasteiger partial charge in [0.2, 0.25) is 5.91 Å². The van der Waals surface area contributed by atoms with Crippen LogP contribution in [0, 0.1) is 5.92 Å². The molecule has 2 heterocycles. The van der Waals surface area contributed by atoms with E-state index in [0.29, 0.717) is 13.1 Å². The molecule has 2 aliphatic heterocycles. The predicted octanol–water partition coefficient (Wildman–Crippen LogP) is 3.49. The van der Waals surface area contributed by atoms with Gasteiger partial charge in [0.15, 0.2) is 0 Å². The van der Waals surface area contributed by atoms with E-state index in [4.69, 9.17) is 4.74 Å². The number of ether oxygens (including phenoxy) is 1. The summed E-state index contributed by atoms with van der Waals surface area (Å²) in [5.41, 5.74) is 0.692. The van der Waals surface area contributed by atoms with Crippen molar-refractivity contribution in [3.63, 3.8) is 0 Å². The maximum Gasteiger partial charge on any atom is 0.410 e. The molecule has 1 unspecified atom stereocenters. The van der Waals surface area contributed by atoms with Crippen molar-refractivity contribution in [2.24, 2.45) is 5.92 Å². The fraction of sp³-hybridized carbons (Fsp3) is 0.583. The number of piperazine rings is 1. The molecule has 30 heavy (non-hydrogen) atoms. The Morgan fingerprint density at radius 3 is 2.40 bits per heavy atom. The van der Waals surface area contributed by atoms with E-state index in [1.54, 1.807) is 4.90 Å². The van der Waals surface area contributed by atoms with Crippen molar-refractivity contribution in [2.45, 2.75) is 39.2 Å². The molecule has 0 aliphatic carbocycles. The number of hydrogen-bond acceptors (Lipinski definition) is 4. The van der Waals surface area contributed by atoms with E-state index in [9.17, 15) is 9.59 Å². The number of carbonyl (C=O) groups excluding carboxylic acids is 2. The molecule has 164 valence electrons. The highest BCUT2D eigenvalue weighted by Crippen LogP contribution is 2.22. The monoisotopic (exact) mass is 413 g/mol. The lowest BCUT2D eigenvalue weighted by Gasteiger charge is -2.39. The normalized spacial score (nSPS) is 21.1. The number of nitrogens with zero attached hydrogens (tertiary/aromatic N) is 3. The average molecular weight is 414 g/mol. The van der Waals surface area contributed by atoms with Crippen molar-refractivity contribution >= 4 is 18.1 Å². The van der Waals surface area contributed by atoms with Gasteiger partial charge in [-0.25, -0.2) is 4.79 Å². The summed E-state index contributed by atoms with van der Waals surface area (Å²) in [7, 11) is 0. The molecule has 3 rings (SSSR count). The number of carbonyl (C=O) groups is 2. The van der Waals surface area contributed by atoms with E-state index in [-0.39, 0.29) is 17.9 Å². The van der Waals surface area contributed by atoms with Crippen LogP contribution in [-0.4, -0.2) is 78.1 Å². The summed E-state index contributed by atoms with van der Waals surface area (Å²) in [5.74, 6) is 0.0681. The Labute approximate surface area is 180 Å². The smallest absolute Gasteiger partial charge is 0.410 e. The lowest BCUT2D eigenvalue weighted by atomic mass is 9.96. The van der Waals surface area contributed by atoms with E-state index < -0.39 is 5.60 Å². The van der Waals surface area contributed by atoms with Gasteiger partial charge in [-0.05, 0) is 39.2 Å². The van der Waals surface area contributed by atoms with Crippen LogP contribution in [0.2, 0.25) is 0 Å². The third-order valence-corrected chi connectivity index (χ3v) is 5.58. The minimum Gasteiger partial charge on any atom is -0.444 e. The zero-order valence-corrected chi connectivity index (χ0v) is 18.5. The van der Waals surface area contributed by atoms with Crippen LogP contribution in [0.5, 0.6) is 0 Å². The number of hydrogen-bond donors (Lipinski definition) is 0. The molecule has 6 heteroatoms. The Morgan fingerprint density at radius 1 is 1.03 bits per heavy atom. The predicted molar refractivity (Wildman–Crippen MR) is 119 cm³/mol. The van der Waals surface area contributed by atoms with Crippen LogP contribution < -0.4 is 0 Å². The number of benzene rings is 1. The maximum absolute atomic E-state index is 13.0. The fourth-order valence-corrected chi connectivity index (χ4v) is 3.98. The van der Waals surface area contributed by atoms with Gasteiger partial charge >= 0.3 is 6.09 Å². The molecule has 0 aromatic heterocycles. The molecule has 1 aromatic rings. The first-order chi connectivity index (χ1) is 14.3. The summed E-state index contributed by atoms with van der Waals surface area (Å²) in [4.78, 5) is 31.4. The van der Waals surface area contributed by atoms with Gasteiger partial charge in [0, 0.05) is 45.8 Å². The Kier molecular flexibility index (Phi) is 7.53. The first kappa shape index (κ1) is 22.3. The molecule has 0 N–H and O–H groups in total. The van der Waals surface area contributed by atoms with Crippen LogP contribution in [-0.2, 0) is 9.53 Å². The second-order valence-corrected chi connectivity index (χ2v) is 9.20. The second kappa shape index (κ2) is 10.1. The summed E-state index contributed by atoms with van der Waals surface area (Å²) in [6.07, 6.45) is 5.71. The standard InChI is InChI=1S/C24H35N3O3/c1-24(2,3)30-23(29)27-14-8-12-21(19-27)22(28)26-17-15-25(16-18-26)13-7-11-20-9-5-4-6-10-20/h4-7,9-11,21H,8,12-19H2,1-3H3/b11-7+. The SMILES string of the molecule is CC(C)(C)OC(=O)N1CCCC(C(=O)N2CCN(C/C=C/c3ccccc3)CC2)C1. The van der Waals surface area contributed by atoms with Crippen LogP contribution >= 0.6 is 0 Å². The molecule has 0 radical (unpaired) electrons. The summed E-state index contributed by atoms with van der Waals surface area (Å²) in [5, 5.41) is 0. The van der Waals surface area contributed by atoms with Crippen molar-refractivity contribution in [1.29, 1.82) is 0 Å². The molecule has 2 fully saturated rings. The van der Waals surface area contributed by atoms with Crippen LogP contribution in [0.25, 0.3) is 6.08 Å². The number of likely N-dealkylation sites (tertiary alicyclic amines) is 1. The second-order valence-electron chi connectivity index (χ2n) is 9.20. The highest BCUT2D eigenvalue weighted by atomic mass is 16.6. The van der Waals surface area contributed by atoms with Crippen LogP contribution in [0.4, 0.5) is 4.79 Å². The molecule has 0 bridgehead atoms. The van der Waals surface area contributed by atoms with Gasteiger partial charge in [-0.3, -0.25) is 9.69 Å². The first-order valence-corrected chi connectivity index (χ1v) is 11.0. The molecule has 1 aromatic carbocycles. The Bertz CT molecular complexity index is 734. The number of rotatable bonds is 4. The van der Waals surface area contributed by atoms with E-state index in [0.717, 1.165) is 45.6 Å². The first-order valence-electron chi connectivity index (χ1n) is 11.0. The van der Waals surface area contributed by atoms with Gasteiger partial charge in [-0.15, -0.1) is 0 Å². The highest BCUT2D eigenvalue weighted by Gasteiger charge is 2.34. The molecule has 0 saturated carbocycles. The van der Waals surface area contributed by atoms with E-state index >= 15 is 0 Å². The van der Waals surface area contributed by atoms with Crippen LogP contribution in [0.1, 0.15) is 39.2 Å². The molecule has 1 atom stereocenters. The molecule has 2 amide bonds. The summed E-state index contributed by atoms with van der Waals surface area (Å²) in [6, 6.07) is 10.3. The molecule has 2 saturated heterocycles. The minimum absolute atomic E-state index is 0.115. The van der Waals surface area contributed by atoms with Crippen molar-refractivity contribution < 1.29 is 14.3 Å². The number of piperidine rings is 1. The van der Waals surface area contributed by atoms with Crippen molar-refractivity contribution in [3.05, 3.63) is 42.0 Å². The highest BCUT2D eigenvalue weighted by molar-refractivity contribution is 5.80. The average Bonchev–Trinajstić information content (AvgIpc) is 2.73. The van der Waals surface area contributed by atoms with Crippen molar-refractivity contribution in [1.82, 2.24) is 14.7 Å². The van der Waals surface area contributed by atoms with Crippen molar-refractivity contribution in [2.75, 3.05) is 45.8 Å². The van der Waals surface area contributed by atoms with Crippen LogP contribution in [0.15, 0.2) is 36.4 Å². The van der Waals surface area contributed by atoms with Gasteiger partial charge < -0.3 is 14.5 Å². The van der Waals surface area contributed by atoms with Gasteiger partial charge in [-0.2, -0.15) is 0 Å². The minimum atomic E-state index is -0.515. The topological polar surface area (TPSA) is 53.1 Å². The Balaban J connectivity index is 1.44. The summed E-state index contributed by atoms with van der Waals surface area (Å²) < 4.78 is 5.48. The fourth-order valence-electron chi connectivity index (χ4n) is 3.98. The lowest BCUT2D eigenvalue weighted by Crippen LogP contribution is -2.53. The third-order valence-electron chi connectivity index (χ3n) is 5.58. The van der Waals surface area contributed by atoms with E-state index in [2.05, 4.69) is 29.2 Å². The van der Waals surface area contributed by atoms with E-state index in [1.165, 1.54) is 5.56 Å². The zero-order chi connectivity index (χ0) is 21.6. The van der Waals surface area contributed by atoms with E-state index in [1.807, 2.05) is 43.9 Å². The quantitative estimate of drug-likeness (QED) is 0.758. The van der Waals surface area contributed by atoms with Gasteiger partial charge in [-0.1, -0.05) is 42.5 Å². The zero-order valence-electron chi connectivity index (χ0n) is 18.5. The molecule has 2 aliphatic rings. The van der Waals surface area contributed by atoms with Gasteiger partial charge in [0.1, 0.15) is 5.60 Å². The third kappa shape index (κ3) is 6.59. The number of amides is 2. The Morgan fingerprint density at radius 2 is 1.73 bits per heavy atom. The summed E-state index contributed by atoms with van der Waals surface area (Å²) in [6.45, 7) is 10.9. The largest absolute Gasteiger partial charge is 0.444 e. The molecular formula is C24H35N3O3. The van der Waals surface area contributed by atoms with Crippen LogP contribution in [0.3, 0.4) is 0 Å².